The lowest BCUT2D eigenvalue weighted by Crippen LogP contribution is -2.25. The Labute approximate surface area is 86.9 Å². The normalized spacial score (nSPS) is 15.4. The molecule has 1 aromatic carbocycles. The van der Waals surface area contributed by atoms with E-state index >= 15 is 0 Å². The molecule has 0 heterocycles. The quantitative estimate of drug-likeness (QED) is 0.852. The fourth-order valence-corrected chi connectivity index (χ4v) is 1.46. The van der Waals surface area contributed by atoms with Crippen molar-refractivity contribution in [3.8, 4) is 0 Å². The van der Waals surface area contributed by atoms with E-state index in [1.165, 1.54) is 0 Å². The Hall–Kier alpha value is -0.380. The molecule has 3 heteroatoms. The van der Waals surface area contributed by atoms with Gasteiger partial charge in [-0.25, -0.2) is 0 Å². The molecule has 13 heavy (non-hydrogen) atoms. The molecule has 0 aliphatic rings. The molecule has 1 aromatic rings. The fourth-order valence-electron chi connectivity index (χ4n) is 1.19. The lowest BCUT2D eigenvalue weighted by Gasteiger charge is -2.17. The van der Waals surface area contributed by atoms with E-state index in [0.29, 0.717) is 6.54 Å². The lowest BCUT2D eigenvalue weighted by molar-refractivity contribution is 0.157. The molecule has 3 N–H and O–H groups in total. The monoisotopic (exact) mass is 243 g/mol. The van der Waals surface area contributed by atoms with Crippen molar-refractivity contribution in [2.24, 2.45) is 5.73 Å². The number of benzene rings is 1. The van der Waals surface area contributed by atoms with E-state index in [9.17, 15) is 5.11 Å². The molecule has 0 amide bonds. The Kier molecular flexibility index (Phi) is 3.90. The first-order chi connectivity index (χ1) is 6.15. The predicted molar refractivity (Wildman–Crippen MR) is 57.6 cm³/mol. The van der Waals surface area contributed by atoms with E-state index in [1.807, 2.05) is 31.2 Å². The Morgan fingerprint density at radius 1 is 1.38 bits per heavy atom. The van der Waals surface area contributed by atoms with Crippen LogP contribution in [0.5, 0.6) is 0 Å². The van der Waals surface area contributed by atoms with Crippen molar-refractivity contribution in [1.82, 2.24) is 0 Å². The molecule has 0 fully saturated rings. The van der Waals surface area contributed by atoms with Crippen LogP contribution >= 0.6 is 15.9 Å². The highest BCUT2D eigenvalue weighted by Gasteiger charge is 2.13. The molecule has 0 aliphatic heterocycles. The summed E-state index contributed by atoms with van der Waals surface area (Å²) >= 11 is 3.36. The molecule has 2 unspecified atom stereocenters. The van der Waals surface area contributed by atoms with Gasteiger partial charge in [0.15, 0.2) is 0 Å². The molecule has 2 atom stereocenters. The molecule has 1 rings (SSSR count). The third kappa shape index (κ3) is 2.79. The molecular weight excluding hydrogens is 230 g/mol. The number of aliphatic hydroxyl groups excluding tert-OH is 1. The van der Waals surface area contributed by atoms with Crippen molar-refractivity contribution in [2.45, 2.75) is 18.9 Å². The summed E-state index contributed by atoms with van der Waals surface area (Å²) in [6.07, 6.45) is -0.457. The SMILES string of the molecule is CC(c1ccc(Br)cc1)C(O)CN. The first kappa shape index (κ1) is 10.7. The topological polar surface area (TPSA) is 46.2 Å². The highest BCUT2D eigenvalue weighted by Crippen LogP contribution is 2.20. The lowest BCUT2D eigenvalue weighted by atomic mass is 9.96. The maximum absolute atomic E-state index is 9.51. The van der Waals surface area contributed by atoms with Crippen LogP contribution in [0.4, 0.5) is 0 Å². The summed E-state index contributed by atoms with van der Waals surface area (Å²) in [4.78, 5) is 0. The van der Waals surface area contributed by atoms with E-state index in [4.69, 9.17) is 5.73 Å². The summed E-state index contributed by atoms with van der Waals surface area (Å²) in [6, 6.07) is 7.92. The van der Waals surface area contributed by atoms with Crippen LogP contribution in [0.25, 0.3) is 0 Å². The van der Waals surface area contributed by atoms with Crippen LogP contribution in [-0.4, -0.2) is 17.8 Å². The van der Waals surface area contributed by atoms with E-state index < -0.39 is 6.10 Å². The average Bonchev–Trinajstić information content (AvgIpc) is 2.17. The van der Waals surface area contributed by atoms with Crippen molar-refractivity contribution in [1.29, 1.82) is 0 Å². The van der Waals surface area contributed by atoms with Gasteiger partial charge in [-0.3, -0.25) is 0 Å². The second kappa shape index (κ2) is 4.74. The maximum Gasteiger partial charge on any atom is 0.0728 e. The number of hydrogen-bond donors (Lipinski definition) is 2. The van der Waals surface area contributed by atoms with Gasteiger partial charge in [-0.2, -0.15) is 0 Å². The van der Waals surface area contributed by atoms with Crippen molar-refractivity contribution in [2.75, 3.05) is 6.54 Å². The number of hydrogen-bond acceptors (Lipinski definition) is 2. The zero-order chi connectivity index (χ0) is 9.84. The minimum absolute atomic E-state index is 0.0955. The maximum atomic E-state index is 9.51. The van der Waals surface area contributed by atoms with Gasteiger partial charge in [-0.15, -0.1) is 0 Å². The average molecular weight is 244 g/mol. The second-order valence-corrected chi connectivity index (χ2v) is 4.06. The van der Waals surface area contributed by atoms with Crippen LogP contribution in [0, 0.1) is 0 Å². The first-order valence-electron chi connectivity index (χ1n) is 4.28. The molecular formula is C10H14BrNO. The summed E-state index contributed by atoms with van der Waals surface area (Å²) in [5, 5.41) is 9.51. The summed E-state index contributed by atoms with van der Waals surface area (Å²) < 4.78 is 1.05. The van der Waals surface area contributed by atoms with E-state index in [-0.39, 0.29) is 5.92 Å². The van der Waals surface area contributed by atoms with E-state index in [0.717, 1.165) is 10.0 Å². The highest BCUT2D eigenvalue weighted by molar-refractivity contribution is 9.10. The van der Waals surface area contributed by atoms with Gasteiger partial charge in [-0.1, -0.05) is 35.0 Å². The molecule has 0 bridgehead atoms. The number of nitrogens with two attached hydrogens (primary N) is 1. The summed E-state index contributed by atoms with van der Waals surface area (Å²) in [5.41, 5.74) is 6.49. The van der Waals surface area contributed by atoms with Gasteiger partial charge in [0.2, 0.25) is 0 Å². The molecule has 72 valence electrons. The Bertz CT molecular complexity index is 260. The van der Waals surface area contributed by atoms with Crippen molar-refractivity contribution < 1.29 is 5.11 Å². The number of aliphatic hydroxyl groups is 1. The van der Waals surface area contributed by atoms with E-state index in [2.05, 4.69) is 15.9 Å². The van der Waals surface area contributed by atoms with Crippen molar-refractivity contribution in [3.05, 3.63) is 34.3 Å². The minimum atomic E-state index is -0.457. The smallest absolute Gasteiger partial charge is 0.0728 e. The molecule has 2 nitrogen and oxygen atoms in total. The summed E-state index contributed by atoms with van der Waals surface area (Å²) in [6.45, 7) is 2.28. The standard InChI is InChI=1S/C10H14BrNO/c1-7(10(13)6-12)8-2-4-9(11)5-3-8/h2-5,7,10,13H,6,12H2,1H3. The minimum Gasteiger partial charge on any atom is -0.391 e. The zero-order valence-corrected chi connectivity index (χ0v) is 9.16. The van der Waals surface area contributed by atoms with Crippen LogP contribution in [0.15, 0.2) is 28.7 Å². The van der Waals surface area contributed by atoms with Gasteiger partial charge in [-0.05, 0) is 17.7 Å². The van der Waals surface area contributed by atoms with Gasteiger partial charge in [0.1, 0.15) is 0 Å². The van der Waals surface area contributed by atoms with Crippen LogP contribution < -0.4 is 5.73 Å². The largest absolute Gasteiger partial charge is 0.391 e. The third-order valence-electron chi connectivity index (χ3n) is 2.21. The summed E-state index contributed by atoms with van der Waals surface area (Å²) in [7, 11) is 0. The number of halogens is 1. The molecule has 0 spiro atoms. The molecule has 0 saturated carbocycles. The molecule has 0 aliphatic carbocycles. The van der Waals surface area contributed by atoms with Gasteiger partial charge in [0.05, 0.1) is 6.10 Å². The predicted octanol–water partition coefficient (Wildman–Crippen LogP) is 1.87. The molecule has 0 saturated heterocycles. The Morgan fingerprint density at radius 2 is 1.92 bits per heavy atom. The van der Waals surface area contributed by atoms with Crippen molar-refractivity contribution >= 4 is 15.9 Å². The van der Waals surface area contributed by atoms with Crippen LogP contribution in [0.2, 0.25) is 0 Å². The van der Waals surface area contributed by atoms with Crippen LogP contribution in [-0.2, 0) is 0 Å². The Balaban J connectivity index is 2.77. The van der Waals surface area contributed by atoms with Gasteiger partial charge in [0.25, 0.3) is 0 Å². The second-order valence-electron chi connectivity index (χ2n) is 3.14. The third-order valence-corrected chi connectivity index (χ3v) is 2.74. The first-order valence-corrected chi connectivity index (χ1v) is 5.08. The van der Waals surface area contributed by atoms with Gasteiger partial charge >= 0.3 is 0 Å². The van der Waals surface area contributed by atoms with Gasteiger partial charge < -0.3 is 10.8 Å². The van der Waals surface area contributed by atoms with Gasteiger partial charge in [0, 0.05) is 16.9 Å². The van der Waals surface area contributed by atoms with Crippen LogP contribution in [0.1, 0.15) is 18.4 Å². The van der Waals surface area contributed by atoms with Crippen molar-refractivity contribution in [3.63, 3.8) is 0 Å². The molecule has 0 aromatic heterocycles. The zero-order valence-electron chi connectivity index (χ0n) is 7.57. The van der Waals surface area contributed by atoms with Crippen LogP contribution in [0.3, 0.4) is 0 Å². The highest BCUT2D eigenvalue weighted by atomic mass is 79.9. The Morgan fingerprint density at radius 3 is 2.38 bits per heavy atom. The number of rotatable bonds is 3. The molecule has 0 radical (unpaired) electrons. The fraction of sp³-hybridized carbons (Fsp3) is 0.400. The van der Waals surface area contributed by atoms with E-state index in [1.54, 1.807) is 0 Å². The summed E-state index contributed by atoms with van der Waals surface area (Å²) in [5.74, 6) is 0.0955.